The van der Waals surface area contributed by atoms with Crippen molar-refractivity contribution in [2.75, 3.05) is 57.9 Å². The third kappa shape index (κ3) is 8.27. The normalized spacial score (nSPS) is 11.0. The van der Waals surface area contributed by atoms with E-state index in [-0.39, 0.29) is 0 Å². The average Bonchev–Trinajstić information content (AvgIpc) is 2.49. The molecule has 1 aromatic rings. The minimum Gasteiger partial charge on any atom is -0.383 e. The van der Waals surface area contributed by atoms with Crippen LogP contribution in [0.4, 0.5) is 5.69 Å². The van der Waals surface area contributed by atoms with Gasteiger partial charge in [-0.25, -0.2) is 0 Å². The second kappa shape index (κ2) is 11.8. The molecule has 0 saturated heterocycles. The van der Waals surface area contributed by atoms with Crippen LogP contribution in [0.15, 0.2) is 24.3 Å². The number of nitrogens with zero attached hydrogens (tertiary/aromatic N) is 1. The van der Waals surface area contributed by atoms with Crippen molar-refractivity contribution in [2.45, 2.75) is 13.8 Å². The second-order valence-electron chi connectivity index (χ2n) is 4.64. The Morgan fingerprint density at radius 1 is 1.00 bits per heavy atom. The number of anilines is 1. The predicted octanol–water partition coefficient (Wildman–Crippen LogP) is 3.13. The van der Waals surface area contributed by atoms with Gasteiger partial charge in [0.25, 0.3) is 0 Å². The lowest BCUT2D eigenvalue weighted by Gasteiger charge is -2.22. The monoisotopic (exact) mass is 314 g/mol. The van der Waals surface area contributed by atoms with Crippen molar-refractivity contribution in [1.29, 1.82) is 0 Å². The number of benzene rings is 1. The zero-order chi connectivity index (χ0) is 15.3. The molecule has 0 bridgehead atoms. The first-order valence-electron chi connectivity index (χ1n) is 7.64. The van der Waals surface area contributed by atoms with Crippen molar-refractivity contribution in [1.82, 2.24) is 4.90 Å². The van der Waals surface area contributed by atoms with Crippen LogP contribution in [0.3, 0.4) is 0 Å². The van der Waals surface area contributed by atoms with E-state index in [0.29, 0.717) is 0 Å². The van der Waals surface area contributed by atoms with E-state index in [1.807, 2.05) is 38.1 Å². The van der Waals surface area contributed by atoms with Crippen LogP contribution in [0.25, 0.3) is 0 Å². The fourth-order valence-electron chi connectivity index (χ4n) is 1.96. The molecule has 1 N–H and O–H groups in total. The molecule has 1 rings (SSSR count). The van der Waals surface area contributed by atoms with Gasteiger partial charge in [0.1, 0.15) is 0 Å². The van der Waals surface area contributed by atoms with Crippen molar-refractivity contribution in [3.63, 3.8) is 0 Å². The van der Waals surface area contributed by atoms with Gasteiger partial charge in [0.15, 0.2) is 0 Å². The fourth-order valence-corrected chi connectivity index (χ4v) is 2.17. The van der Waals surface area contributed by atoms with Crippen molar-refractivity contribution < 1.29 is 9.47 Å². The molecule has 0 spiro atoms. The van der Waals surface area contributed by atoms with Crippen LogP contribution in [0, 0.1) is 0 Å². The molecule has 0 aliphatic carbocycles. The first-order chi connectivity index (χ1) is 10.3. The molecular formula is C16H27ClN2O2. The zero-order valence-electron chi connectivity index (χ0n) is 13.1. The molecule has 0 fully saturated rings. The van der Waals surface area contributed by atoms with E-state index < -0.39 is 0 Å². The maximum atomic E-state index is 6.13. The summed E-state index contributed by atoms with van der Waals surface area (Å²) in [5, 5.41) is 4.13. The van der Waals surface area contributed by atoms with Crippen LogP contribution in [-0.4, -0.2) is 57.5 Å². The Labute approximate surface area is 133 Å². The quantitative estimate of drug-likeness (QED) is 0.601. The molecule has 4 nitrogen and oxygen atoms in total. The van der Waals surface area contributed by atoms with Gasteiger partial charge in [0.2, 0.25) is 0 Å². The Balaban J connectivity index is 2.31. The minimum atomic E-state index is 0.757. The lowest BCUT2D eigenvalue weighted by molar-refractivity contribution is 0.0846. The topological polar surface area (TPSA) is 33.7 Å². The standard InChI is InChI=1S/C16H27ClN2O2/c1-3-20-13-11-19(12-14-21-4-2)10-9-18-16-8-6-5-7-15(16)17/h5-8,18H,3-4,9-14H2,1-2H3. The average molecular weight is 315 g/mol. The third-order valence-electron chi connectivity index (χ3n) is 3.13. The number of nitrogens with one attached hydrogen (secondary N) is 1. The maximum Gasteiger partial charge on any atom is 0.0637 e. The highest BCUT2D eigenvalue weighted by Gasteiger charge is 2.05. The van der Waals surface area contributed by atoms with E-state index in [9.17, 15) is 0 Å². The Kier molecular flexibility index (Phi) is 10.3. The summed E-state index contributed by atoms with van der Waals surface area (Å²) in [6.45, 7) is 10.7. The number of hydrogen-bond donors (Lipinski definition) is 1. The van der Waals surface area contributed by atoms with Crippen LogP contribution >= 0.6 is 11.6 Å². The SMILES string of the molecule is CCOCCN(CCNc1ccccc1Cl)CCOCC. The molecular weight excluding hydrogens is 288 g/mol. The predicted molar refractivity (Wildman–Crippen MR) is 89.4 cm³/mol. The number of halogens is 1. The number of ether oxygens (including phenoxy) is 2. The van der Waals surface area contributed by atoms with Crippen molar-refractivity contribution in [3.8, 4) is 0 Å². The van der Waals surface area contributed by atoms with Crippen LogP contribution in [-0.2, 0) is 9.47 Å². The molecule has 0 aromatic heterocycles. The van der Waals surface area contributed by atoms with Crippen molar-refractivity contribution in [2.24, 2.45) is 0 Å². The largest absolute Gasteiger partial charge is 0.383 e. The molecule has 0 aliphatic rings. The molecule has 0 radical (unpaired) electrons. The zero-order valence-corrected chi connectivity index (χ0v) is 13.9. The molecule has 0 heterocycles. The summed E-state index contributed by atoms with van der Waals surface area (Å²) in [7, 11) is 0. The molecule has 21 heavy (non-hydrogen) atoms. The van der Waals surface area contributed by atoms with Gasteiger partial charge in [-0.05, 0) is 26.0 Å². The highest BCUT2D eigenvalue weighted by atomic mass is 35.5. The van der Waals surface area contributed by atoms with Crippen molar-refractivity contribution in [3.05, 3.63) is 29.3 Å². The summed E-state index contributed by atoms with van der Waals surface area (Å²) < 4.78 is 10.9. The van der Waals surface area contributed by atoms with Gasteiger partial charge < -0.3 is 14.8 Å². The second-order valence-corrected chi connectivity index (χ2v) is 5.05. The molecule has 0 aliphatic heterocycles. The van der Waals surface area contributed by atoms with Gasteiger partial charge in [-0.15, -0.1) is 0 Å². The van der Waals surface area contributed by atoms with Gasteiger partial charge in [-0.2, -0.15) is 0 Å². The Bertz CT molecular complexity index is 367. The minimum absolute atomic E-state index is 0.757. The van der Waals surface area contributed by atoms with Gasteiger partial charge in [-0.3, -0.25) is 4.90 Å². The van der Waals surface area contributed by atoms with E-state index >= 15 is 0 Å². The fraction of sp³-hybridized carbons (Fsp3) is 0.625. The highest BCUT2D eigenvalue weighted by Crippen LogP contribution is 2.19. The Morgan fingerprint density at radius 2 is 1.62 bits per heavy atom. The van der Waals surface area contributed by atoms with Gasteiger partial charge in [-0.1, -0.05) is 23.7 Å². The highest BCUT2D eigenvalue weighted by molar-refractivity contribution is 6.33. The molecule has 0 unspecified atom stereocenters. The van der Waals surface area contributed by atoms with Crippen LogP contribution < -0.4 is 5.32 Å². The molecule has 120 valence electrons. The van der Waals surface area contributed by atoms with Gasteiger partial charge in [0, 0.05) is 39.4 Å². The number of rotatable bonds is 12. The molecule has 0 atom stereocenters. The summed E-state index contributed by atoms with van der Waals surface area (Å²) in [6.07, 6.45) is 0. The van der Waals surface area contributed by atoms with E-state index in [4.69, 9.17) is 21.1 Å². The smallest absolute Gasteiger partial charge is 0.0637 e. The molecule has 0 saturated carbocycles. The number of para-hydroxylation sites is 1. The summed E-state index contributed by atoms with van der Waals surface area (Å²) in [6, 6.07) is 7.80. The maximum absolute atomic E-state index is 6.13. The third-order valence-corrected chi connectivity index (χ3v) is 3.46. The van der Waals surface area contributed by atoms with E-state index in [0.717, 1.165) is 63.3 Å². The first-order valence-corrected chi connectivity index (χ1v) is 8.02. The summed E-state index contributed by atoms with van der Waals surface area (Å²) in [5.41, 5.74) is 0.980. The Hall–Kier alpha value is -0.810. The number of hydrogen-bond acceptors (Lipinski definition) is 4. The summed E-state index contributed by atoms with van der Waals surface area (Å²) >= 11 is 6.13. The lowest BCUT2D eigenvalue weighted by Crippen LogP contribution is -2.35. The summed E-state index contributed by atoms with van der Waals surface area (Å²) in [4.78, 5) is 2.34. The summed E-state index contributed by atoms with van der Waals surface area (Å²) in [5.74, 6) is 0. The molecule has 5 heteroatoms. The van der Waals surface area contributed by atoms with Crippen LogP contribution in [0.2, 0.25) is 5.02 Å². The van der Waals surface area contributed by atoms with Crippen LogP contribution in [0.1, 0.15) is 13.8 Å². The Morgan fingerprint density at radius 3 is 2.19 bits per heavy atom. The lowest BCUT2D eigenvalue weighted by atomic mass is 10.3. The van der Waals surface area contributed by atoms with Crippen LogP contribution in [0.5, 0.6) is 0 Å². The van der Waals surface area contributed by atoms with E-state index in [1.54, 1.807) is 0 Å². The van der Waals surface area contributed by atoms with Crippen molar-refractivity contribution >= 4 is 17.3 Å². The van der Waals surface area contributed by atoms with E-state index in [2.05, 4.69) is 10.2 Å². The first kappa shape index (κ1) is 18.2. The molecule has 1 aromatic carbocycles. The van der Waals surface area contributed by atoms with E-state index in [1.165, 1.54) is 0 Å². The van der Waals surface area contributed by atoms with Gasteiger partial charge >= 0.3 is 0 Å². The van der Waals surface area contributed by atoms with Gasteiger partial charge in [0.05, 0.1) is 23.9 Å². The molecule has 0 amide bonds.